The second kappa shape index (κ2) is 4.00. The molecule has 2 atom stereocenters. The lowest BCUT2D eigenvalue weighted by Crippen LogP contribution is -2.43. The van der Waals surface area contributed by atoms with Gasteiger partial charge in [-0.3, -0.25) is 0 Å². The number of hydrogen-bond acceptors (Lipinski definition) is 0. The Kier molecular flexibility index (Phi) is 3.86. The topological polar surface area (TPSA) is 0 Å². The molecule has 12 heavy (non-hydrogen) atoms. The molecule has 0 saturated carbocycles. The van der Waals surface area contributed by atoms with Gasteiger partial charge < -0.3 is 0 Å². The molecule has 0 rings (SSSR count). The Balaban J connectivity index is 4.34. The molecule has 0 spiro atoms. The second-order valence-corrected chi connectivity index (χ2v) is 2.30. The van der Waals surface area contributed by atoms with E-state index < -0.39 is 31.1 Å². The highest BCUT2D eigenvalue weighted by atomic mass is 19.3. The lowest BCUT2D eigenvalue weighted by molar-refractivity contribution is -0.185. The Morgan fingerprint density at radius 1 is 1.08 bits per heavy atom. The fourth-order valence-corrected chi connectivity index (χ4v) is 0.568. The third kappa shape index (κ3) is 2.28. The Hall–Kier alpha value is -0.420. The van der Waals surface area contributed by atoms with Crippen molar-refractivity contribution in [2.75, 3.05) is 0 Å². The van der Waals surface area contributed by atoms with E-state index in [1.54, 1.807) is 0 Å². The summed E-state index contributed by atoms with van der Waals surface area (Å²) < 4.78 is 71.2. The van der Waals surface area contributed by atoms with Crippen LogP contribution in [0.2, 0.25) is 0 Å². The molecule has 0 aliphatic rings. The Morgan fingerprint density at radius 2 is 1.50 bits per heavy atom. The van der Waals surface area contributed by atoms with Crippen molar-refractivity contribution in [2.24, 2.45) is 0 Å². The molecule has 0 fully saturated rings. The van der Waals surface area contributed by atoms with Crippen LogP contribution in [0, 0.1) is 0 Å². The predicted molar refractivity (Wildman–Crippen MR) is 31.0 cm³/mol. The largest absolute Gasteiger partial charge is 0.340 e. The van der Waals surface area contributed by atoms with Gasteiger partial charge >= 0.3 is 12.3 Å². The molecular formula is C6H8F6. The maximum absolute atomic E-state index is 12.2. The van der Waals surface area contributed by atoms with Gasteiger partial charge in [0.2, 0.25) is 6.17 Å². The van der Waals surface area contributed by atoms with E-state index in [4.69, 9.17) is 0 Å². The fourth-order valence-electron chi connectivity index (χ4n) is 0.568. The summed E-state index contributed by atoms with van der Waals surface area (Å²) in [4.78, 5) is 0. The number of rotatable bonds is 4. The van der Waals surface area contributed by atoms with Gasteiger partial charge in [0, 0.05) is 0 Å². The van der Waals surface area contributed by atoms with Crippen LogP contribution in [0.25, 0.3) is 0 Å². The van der Waals surface area contributed by atoms with Gasteiger partial charge in [-0.1, -0.05) is 6.92 Å². The smallest absolute Gasteiger partial charge is 0.244 e. The van der Waals surface area contributed by atoms with E-state index in [1.165, 1.54) is 0 Å². The molecule has 0 aromatic heterocycles. The molecule has 0 aliphatic heterocycles. The Labute approximate surface area is 65.6 Å². The number of halogens is 6. The number of hydrogen-bond donors (Lipinski definition) is 0. The molecule has 0 nitrogen and oxygen atoms in total. The molecule has 0 aromatic rings. The van der Waals surface area contributed by atoms with Crippen LogP contribution >= 0.6 is 0 Å². The van der Waals surface area contributed by atoms with E-state index in [-0.39, 0.29) is 0 Å². The van der Waals surface area contributed by atoms with Crippen LogP contribution < -0.4 is 0 Å². The lowest BCUT2D eigenvalue weighted by atomic mass is 10.1. The van der Waals surface area contributed by atoms with Crippen LogP contribution in [0.1, 0.15) is 13.3 Å². The quantitative estimate of drug-likeness (QED) is 0.603. The van der Waals surface area contributed by atoms with Gasteiger partial charge in [-0.25, -0.2) is 17.6 Å². The average molecular weight is 194 g/mol. The van der Waals surface area contributed by atoms with Crippen LogP contribution in [0.5, 0.6) is 0 Å². The fraction of sp³-hybridized carbons (Fsp3) is 1.00. The van der Waals surface area contributed by atoms with Crippen LogP contribution in [-0.4, -0.2) is 24.7 Å². The monoisotopic (exact) mass is 194 g/mol. The molecule has 74 valence electrons. The van der Waals surface area contributed by atoms with Crippen molar-refractivity contribution in [1.82, 2.24) is 0 Å². The van der Waals surface area contributed by atoms with Crippen molar-refractivity contribution >= 4 is 0 Å². The van der Waals surface area contributed by atoms with Gasteiger partial charge in [0.1, 0.15) is 6.17 Å². The maximum atomic E-state index is 12.2. The standard InChI is InChI=1S/C6H8F6/c1-2-3(7)4(8)6(11,12)5(9)10/h3-5H,2H2,1H3/t3?,4-/m0/s1. The summed E-state index contributed by atoms with van der Waals surface area (Å²) in [6.07, 6.45) is -10.7. The van der Waals surface area contributed by atoms with Gasteiger partial charge in [-0.15, -0.1) is 0 Å². The minimum atomic E-state index is -4.89. The molecule has 0 N–H and O–H groups in total. The van der Waals surface area contributed by atoms with Crippen LogP contribution in [-0.2, 0) is 0 Å². The van der Waals surface area contributed by atoms with Crippen molar-refractivity contribution in [3.63, 3.8) is 0 Å². The van der Waals surface area contributed by atoms with E-state index >= 15 is 0 Å². The van der Waals surface area contributed by atoms with Crippen molar-refractivity contribution in [2.45, 2.75) is 38.0 Å². The van der Waals surface area contributed by atoms with Gasteiger partial charge in [-0.2, -0.15) is 8.78 Å². The summed E-state index contributed by atoms with van der Waals surface area (Å²) in [6.45, 7) is 1.10. The minimum Gasteiger partial charge on any atom is -0.244 e. The summed E-state index contributed by atoms with van der Waals surface area (Å²) in [7, 11) is 0. The SMILES string of the molecule is CCC(F)[C@H](F)C(F)(F)C(F)F. The Bertz CT molecular complexity index is 134. The average Bonchev–Trinajstić information content (AvgIpc) is 2.01. The molecule has 6 heteroatoms. The maximum Gasteiger partial charge on any atom is 0.340 e. The van der Waals surface area contributed by atoms with Crippen LogP contribution in [0.15, 0.2) is 0 Å². The summed E-state index contributed by atoms with van der Waals surface area (Å²) in [5.41, 5.74) is 0. The lowest BCUT2D eigenvalue weighted by Gasteiger charge is -2.21. The highest BCUT2D eigenvalue weighted by molar-refractivity contribution is 4.84. The molecule has 0 amide bonds. The van der Waals surface area contributed by atoms with Gasteiger partial charge in [0.15, 0.2) is 0 Å². The van der Waals surface area contributed by atoms with Gasteiger partial charge in [-0.05, 0) is 6.42 Å². The second-order valence-electron chi connectivity index (χ2n) is 2.30. The molecule has 1 unspecified atom stereocenters. The highest BCUT2D eigenvalue weighted by Gasteiger charge is 2.52. The zero-order chi connectivity index (χ0) is 9.94. The summed E-state index contributed by atoms with van der Waals surface area (Å²) >= 11 is 0. The highest BCUT2D eigenvalue weighted by Crippen LogP contribution is 2.32. The zero-order valence-electron chi connectivity index (χ0n) is 6.21. The van der Waals surface area contributed by atoms with E-state index in [2.05, 4.69) is 0 Å². The van der Waals surface area contributed by atoms with Crippen molar-refractivity contribution in [3.05, 3.63) is 0 Å². The third-order valence-electron chi connectivity index (χ3n) is 1.37. The van der Waals surface area contributed by atoms with Crippen LogP contribution in [0.4, 0.5) is 26.3 Å². The van der Waals surface area contributed by atoms with Crippen molar-refractivity contribution < 1.29 is 26.3 Å². The molecule has 0 aromatic carbocycles. The molecule has 0 heterocycles. The molecule has 0 bridgehead atoms. The van der Waals surface area contributed by atoms with Gasteiger partial charge in [0.25, 0.3) is 0 Å². The van der Waals surface area contributed by atoms with E-state index in [1.807, 2.05) is 0 Å². The zero-order valence-corrected chi connectivity index (χ0v) is 6.21. The van der Waals surface area contributed by atoms with E-state index in [0.29, 0.717) is 0 Å². The van der Waals surface area contributed by atoms with Crippen molar-refractivity contribution in [3.8, 4) is 0 Å². The molecule has 0 radical (unpaired) electrons. The Morgan fingerprint density at radius 3 is 1.75 bits per heavy atom. The van der Waals surface area contributed by atoms with E-state index in [0.717, 1.165) is 6.92 Å². The molecule has 0 aliphatic carbocycles. The number of alkyl halides is 6. The van der Waals surface area contributed by atoms with E-state index in [9.17, 15) is 26.3 Å². The van der Waals surface area contributed by atoms with Crippen LogP contribution in [0.3, 0.4) is 0 Å². The summed E-state index contributed by atoms with van der Waals surface area (Å²) in [5, 5.41) is 0. The first-order valence-electron chi connectivity index (χ1n) is 3.28. The molecular weight excluding hydrogens is 186 g/mol. The normalized spacial score (nSPS) is 18.0. The predicted octanol–water partition coefficient (Wildman–Crippen LogP) is 2.97. The van der Waals surface area contributed by atoms with Gasteiger partial charge in [0.05, 0.1) is 0 Å². The summed E-state index contributed by atoms with van der Waals surface area (Å²) in [5.74, 6) is -4.89. The first kappa shape index (κ1) is 11.6. The molecule has 0 saturated heterocycles. The third-order valence-corrected chi connectivity index (χ3v) is 1.37. The first-order valence-corrected chi connectivity index (χ1v) is 3.28. The minimum absolute atomic E-state index is 0.552. The van der Waals surface area contributed by atoms with Crippen molar-refractivity contribution in [1.29, 1.82) is 0 Å². The summed E-state index contributed by atoms with van der Waals surface area (Å²) in [6, 6.07) is 0. The first-order chi connectivity index (χ1) is 5.34.